The Morgan fingerprint density at radius 3 is 1.66 bits per heavy atom. The highest BCUT2D eigenvalue weighted by molar-refractivity contribution is 7.26. The second-order valence-corrected chi connectivity index (χ2v) is 13.5. The van der Waals surface area contributed by atoms with E-state index in [1.807, 2.05) is 60.7 Å². The third kappa shape index (κ3) is 4.71. The summed E-state index contributed by atoms with van der Waals surface area (Å²) in [6.07, 6.45) is 0. The molecule has 0 aliphatic heterocycles. The predicted molar refractivity (Wildman–Crippen MR) is 209 cm³/mol. The van der Waals surface area contributed by atoms with Gasteiger partial charge in [0.1, 0.15) is 0 Å². The third-order valence-electron chi connectivity index (χ3n) is 9.46. The number of benzene rings is 7. The van der Waals surface area contributed by atoms with Crippen LogP contribution in [-0.2, 0) is 0 Å². The van der Waals surface area contributed by atoms with Crippen LogP contribution >= 0.6 is 11.3 Å². The summed E-state index contributed by atoms with van der Waals surface area (Å²) in [5.41, 5.74) is 8.89. The molecule has 234 valence electrons. The van der Waals surface area contributed by atoms with E-state index in [4.69, 9.17) is 15.0 Å². The maximum absolute atomic E-state index is 5.05. The first-order chi connectivity index (χ1) is 24.8. The molecule has 3 heterocycles. The lowest BCUT2D eigenvalue weighted by atomic mass is 10.0. The molecular formula is C45H28N4S. The molecule has 10 rings (SSSR count). The number of nitrogens with zero attached hydrogens (tertiary/aromatic N) is 4. The lowest BCUT2D eigenvalue weighted by Crippen LogP contribution is -2.00. The van der Waals surface area contributed by atoms with E-state index in [2.05, 4.69) is 114 Å². The van der Waals surface area contributed by atoms with Gasteiger partial charge in [-0.15, -0.1) is 11.3 Å². The molecule has 0 radical (unpaired) electrons. The van der Waals surface area contributed by atoms with Gasteiger partial charge in [-0.05, 0) is 47.5 Å². The molecule has 0 saturated carbocycles. The van der Waals surface area contributed by atoms with Crippen molar-refractivity contribution in [2.75, 3.05) is 0 Å². The van der Waals surface area contributed by atoms with Crippen molar-refractivity contribution in [1.82, 2.24) is 19.5 Å². The molecule has 5 heteroatoms. The predicted octanol–water partition coefficient (Wildman–Crippen LogP) is 12.0. The quantitative estimate of drug-likeness (QED) is 0.185. The van der Waals surface area contributed by atoms with E-state index < -0.39 is 0 Å². The Hall–Kier alpha value is -6.43. The number of rotatable bonds is 5. The minimum atomic E-state index is 0.665. The zero-order chi connectivity index (χ0) is 33.0. The van der Waals surface area contributed by atoms with Crippen LogP contribution in [0.3, 0.4) is 0 Å². The highest BCUT2D eigenvalue weighted by atomic mass is 32.1. The highest BCUT2D eigenvalue weighted by Gasteiger charge is 2.18. The van der Waals surface area contributed by atoms with Gasteiger partial charge >= 0.3 is 0 Å². The molecule has 0 aliphatic rings. The molecule has 0 bridgehead atoms. The summed E-state index contributed by atoms with van der Waals surface area (Å²) in [6.45, 7) is 0. The molecule has 0 N–H and O–H groups in total. The zero-order valence-electron chi connectivity index (χ0n) is 26.9. The SMILES string of the molecule is c1ccc(-c2nc(-c3ccccc3)nc(-c3cccc4c3sc3cc(-c5ccc6c7ccccc7n(-c7ccccc7)c6c5)ccc34)n2)cc1. The molecule has 0 fully saturated rings. The van der Waals surface area contributed by atoms with Crippen LogP contribution in [0.4, 0.5) is 0 Å². The summed E-state index contributed by atoms with van der Waals surface area (Å²) in [5, 5.41) is 4.95. The first kappa shape index (κ1) is 28.6. The minimum absolute atomic E-state index is 0.665. The second-order valence-electron chi connectivity index (χ2n) is 12.5. The third-order valence-corrected chi connectivity index (χ3v) is 10.7. The summed E-state index contributed by atoms with van der Waals surface area (Å²) in [4.78, 5) is 15.0. The largest absolute Gasteiger partial charge is 0.309 e. The summed E-state index contributed by atoms with van der Waals surface area (Å²) < 4.78 is 4.78. The number of hydrogen-bond donors (Lipinski definition) is 0. The molecule has 10 aromatic rings. The fourth-order valence-electron chi connectivity index (χ4n) is 7.09. The molecule has 3 aromatic heterocycles. The van der Waals surface area contributed by atoms with Crippen molar-refractivity contribution in [2.24, 2.45) is 0 Å². The summed E-state index contributed by atoms with van der Waals surface area (Å²) >= 11 is 1.80. The molecule has 0 amide bonds. The monoisotopic (exact) mass is 656 g/mol. The average Bonchev–Trinajstić information content (AvgIpc) is 3.74. The zero-order valence-corrected chi connectivity index (χ0v) is 27.7. The fraction of sp³-hybridized carbons (Fsp3) is 0. The highest BCUT2D eigenvalue weighted by Crippen LogP contribution is 2.42. The number of hydrogen-bond acceptors (Lipinski definition) is 4. The van der Waals surface area contributed by atoms with E-state index in [1.165, 1.54) is 53.1 Å². The Morgan fingerprint density at radius 2 is 0.940 bits per heavy atom. The van der Waals surface area contributed by atoms with E-state index in [0.717, 1.165) is 22.4 Å². The van der Waals surface area contributed by atoms with Gasteiger partial charge in [0.25, 0.3) is 0 Å². The van der Waals surface area contributed by atoms with Crippen molar-refractivity contribution in [3.63, 3.8) is 0 Å². The average molecular weight is 657 g/mol. The number of thiophene rings is 1. The summed E-state index contributed by atoms with van der Waals surface area (Å²) in [5.74, 6) is 2.01. The van der Waals surface area contributed by atoms with Gasteiger partial charge in [0.15, 0.2) is 17.5 Å². The van der Waals surface area contributed by atoms with Gasteiger partial charge in [-0.2, -0.15) is 0 Å². The van der Waals surface area contributed by atoms with Crippen LogP contribution in [0.5, 0.6) is 0 Å². The Labute approximate surface area is 292 Å². The molecule has 0 unspecified atom stereocenters. The van der Waals surface area contributed by atoms with Crippen molar-refractivity contribution in [1.29, 1.82) is 0 Å². The topological polar surface area (TPSA) is 43.6 Å². The number of para-hydroxylation sites is 2. The van der Waals surface area contributed by atoms with Gasteiger partial charge in [0, 0.05) is 53.3 Å². The standard InChI is InChI=1S/C45H28N4S/c1-4-13-29(14-5-1)43-46-44(30-15-6-2-7-16-30)48-45(47-43)38-21-12-20-37-36-26-24-32(28-41(36)50-42(37)38)31-23-25-35-34-19-10-11-22-39(34)49(40(35)27-31)33-17-8-3-9-18-33/h1-28H. The fourth-order valence-corrected chi connectivity index (χ4v) is 8.34. The lowest BCUT2D eigenvalue weighted by Gasteiger charge is -2.09. The molecule has 0 spiro atoms. The summed E-state index contributed by atoms with van der Waals surface area (Å²) in [7, 11) is 0. The van der Waals surface area contributed by atoms with E-state index >= 15 is 0 Å². The Kier molecular flexibility index (Phi) is 6.64. The number of aromatic nitrogens is 4. The van der Waals surface area contributed by atoms with Crippen molar-refractivity contribution < 1.29 is 0 Å². The van der Waals surface area contributed by atoms with Gasteiger partial charge < -0.3 is 4.57 Å². The van der Waals surface area contributed by atoms with E-state index in [-0.39, 0.29) is 0 Å². The first-order valence-electron chi connectivity index (χ1n) is 16.7. The van der Waals surface area contributed by atoms with Crippen molar-refractivity contribution in [2.45, 2.75) is 0 Å². The minimum Gasteiger partial charge on any atom is -0.309 e. The Morgan fingerprint density at radius 1 is 0.380 bits per heavy atom. The molecule has 4 nitrogen and oxygen atoms in total. The normalized spacial score (nSPS) is 11.6. The van der Waals surface area contributed by atoms with Gasteiger partial charge in [0.2, 0.25) is 0 Å². The smallest absolute Gasteiger partial charge is 0.165 e. The van der Waals surface area contributed by atoms with Crippen LogP contribution in [0.1, 0.15) is 0 Å². The summed E-state index contributed by atoms with van der Waals surface area (Å²) in [6, 6.07) is 59.8. The molecule has 7 aromatic carbocycles. The van der Waals surface area contributed by atoms with E-state index in [9.17, 15) is 0 Å². The van der Waals surface area contributed by atoms with Crippen LogP contribution in [0.2, 0.25) is 0 Å². The maximum atomic E-state index is 5.05. The van der Waals surface area contributed by atoms with E-state index in [1.54, 1.807) is 11.3 Å². The molecular weight excluding hydrogens is 629 g/mol. The van der Waals surface area contributed by atoms with Crippen molar-refractivity contribution >= 4 is 53.3 Å². The molecule has 0 aliphatic carbocycles. The molecule has 50 heavy (non-hydrogen) atoms. The Balaban J connectivity index is 1.13. The molecule has 0 saturated heterocycles. The van der Waals surface area contributed by atoms with Gasteiger partial charge in [-0.25, -0.2) is 15.0 Å². The maximum Gasteiger partial charge on any atom is 0.165 e. The van der Waals surface area contributed by atoms with Crippen molar-refractivity contribution in [3.8, 4) is 51.0 Å². The Bertz CT molecular complexity index is 2800. The van der Waals surface area contributed by atoms with E-state index in [0.29, 0.717) is 17.5 Å². The van der Waals surface area contributed by atoms with Crippen LogP contribution in [0.25, 0.3) is 93.0 Å². The van der Waals surface area contributed by atoms with Crippen LogP contribution in [-0.4, -0.2) is 19.5 Å². The van der Waals surface area contributed by atoms with Gasteiger partial charge in [-0.1, -0.05) is 133 Å². The first-order valence-corrected chi connectivity index (χ1v) is 17.5. The van der Waals surface area contributed by atoms with Gasteiger partial charge in [-0.3, -0.25) is 0 Å². The van der Waals surface area contributed by atoms with Crippen molar-refractivity contribution in [3.05, 3.63) is 170 Å². The van der Waals surface area contributed by atoms with Crippen LogP contribution in [0, 0.1) is 0 Å². The van der Waals surface area contributed by atoms with Crippen LogP contribution < -0.4 is 0 Å². The van der Waals surface area contributed by atoms with Gasteiger partial charge in [0.05, 0.1) is 11.0 Å². The number of fused-ring (bicyclic) bond motifs is 6. The lowest BCUT2D eigenvalue weighted by molar-refractivity contribution is 1.08. The van der Waals surface area contributed by atoms with Crippen LogP contribution in [0.15, 0.2) is 170 Å². The second kappa shape index (κ2) is 11.6. The molecule has 0 atom stereocenters.